The van der Waals surface area contributed by atoms with Gasteiger partial charge in [-0.1, -0.05) is 91.0 Å². The van der Waals surface area contributed by atoms with Crippen LogP contribution < -0.4 is 10.0 Å². The number of allylic oxidation sites excluding steroid dienone is 2. The molecule has 0 fully saturated rings. The number of hydrogen-bond donors (Lipinski definition) is 2. The summed E-state index contributed by atoms with van der Waals surface area (Å²) in [6.45, 7) is 7.25. The van der Waals surface area contributed by atoms with Crippen LogP contribution in [0.4, 0.5) is 10.5 Å². The van der Waals surface area contributed by atoms with Gasteiger partial charge in [0.15, 0.2) is 0 Å². The second-order valence-electron chi connectivity index (χ2n) is 11.1. The Morgan fingerprint density at radius 1 is 0.773 bits per heavy atom. The molecule has 4 aromatic rings. The highest BCUT2D eigenvalue weighted by Crippen LogP contribution is 2.37. The summed E-state index contributed by atoms with van der Waals surface area (Å²) in [7, 11) is -4.13. The van der Waals surface area contributed by atoms with Crippen molar-refractivity contribution in [1.82, 2.24) is 4.72 Å². The monoisotopic (exact) mass is 608 g/mol. The topological polar surface area (TPSA) is 102 Å². The molecule has 8 heteroatoms. The number of rotatable bonds is 9. The van der Waals surface area contributed by atoms with Crippen LogP contribution in [0.2, 0.25) is 0 Å². The fraction of sp³-hybridized carbons (Fsp3) is 0.167. The minimum Gasteiger partial charge on any atom is -0.444 e. The number of benzene rings is 4. The van der Waals surface area contributed by atoms with Gasteiger partial charge in [-0.25, -0.2) is 17.9 Å². The molecule has 0 aliphatic heterocycles. The fourth-order valence-corrected chi connectivity index (χ4v) is 5.61. The van der Waals surface area contributed by atoms with Gasteiger partial charge in [-0.05, 0) is 85.9 Å². The van der Waals surface area contributed by atoms with Crippen molar-refractivity contribution >= 4 is 39.4 Å². The van der Waals surface area contributed by atoms with Crippen LogP contribution in [-0.2, 0) is 19.6 Å². The number of amides is 2. The molecule has 0 heterocycles. The van der Waals surface area contributed by atoms with E-state index in [9.17, 15) is 18.0 Å². The van der Waals surface area contributed by atoms with E-state index in [-0.39, 0.29) is 10.8 Å². The first-order chi connectivity index (χ1) is 20.9. The van der Waals surface area contributed by atoms with Gasteiger partial charge in [0.25, 0.3) is 15.9 Å². The molecular weight excluding hydrogens is 572 g/mol. The van der Waals surface area contributed by atoms with Crippen LogP contribution in [0.15, 0.2) is 126 Å². The van der Waals surface area contributed by atoms with E-state index in [0.717, 1.165) is 22.3 Å². The van der Waals surface area contributed by atoms with E-state index in [1.54, 1.807) is 26.8 Å². The van der Waals surface area contributed by atoms with E-state index in [1.165, 1.54) is 35.9 Å². The number of hydrogen-bond acceptors (Lipinski definition) is 5. The average Bonchev–Trinajstić information content (AvgIpc) is 2.99. The standard InChI is InChI=1S/C36H36N2O5S/c1-5-32(27-12-8-6-9-13-27)34(28-14-10-7-11-15-28)29-19-16-26(17-20-29)18-25-33(39)38-44(41,42)31-23-21-30(22-24-31)37-35(40)43-36(2,3)4/h5-25,34H,1-4H3,(H,37,40)(H,38,39). The summed E-state index contributed by atoms with van der Waals surface area (Å²) in [4.78, 5) is 24.4. The second kappa shape index (κ2) is 14.0. The molecule has 0 bridgehead atoms. The highest BCUT2D eigenvalue weighted by Gasteiger charge is 2.21. The zero-order valence-corrected chi connectivity index (χ0v) is 26.0. The minimum atomic E-state index is -4.13. The molecule has 1 unspecified atom stereocenters. The molecule has 0 radical (unpaired) electrons. The van der Waals surface area contributed by atoms with E-state index in [4.69, 9.17) is 4.74 Å². The highest BCUT2D eigenvalue weighted by atomic mass is 32.2. The first-order valence-corrected chi connectivity index (χ1v) is 15.6. The van der Waals surface area contributed by atoms with Crippen molar-refractivity contribution in [1.29, 1.82) is 0 Å². The predicted octanol–water partition coefficient (Wildman–Crippen LogP) is 7.79. The third-order valence-electron chi connectivity index (χ3n) is 6.60. The van der Waals surface area contributed by atoms with Crippen LogP contribution in [0.3, 0.4) is 0 Å². The van der Waals surface area contributed by atoms with Gasteiger partial charge in [0.1, 0.15) is 5.60 Å². The van der Waals surface area contributed by atoms with Crippen molar-refractivity contribution in [2.75, 3.05) is 5.32 Å². The summed E-state index contributed by atoms with van der Waals surface area (Å²) < 4.78 is 32.8. The van der Waals surface area contributed by atoms with E-state index in [2.05, 4.69) is 40.4 Å². The molecule has 0 aromatic heterocycles. The average molecular weight is 609 g/mol. The minimum absolute atomic E-state index is 0.000736. The smallest absolute Gasteiger partial charge is 0.412 e. The quantitative estimate of drug-likeness (QED) is 0.189. The first-order valence-electron chi connectivity index (χ1n) is 14.2. The van der Waals surface area contributed by atoms with Gasteiger partial charge in [0.2, 0.25) is 0 Å². The van der Waals surface area contributed by atoms with E-state index >= 15 is 0 Å². The van der Waals surface area contributed by atoms with Crippen LogP contribution in [0.1, 0.15) is 55.9 Å². The number of anilines is 1. The molecule has 0 aliphatic rings. The van der Waals surface area contributed by atoms with Crippen molar-refractivity contribution in [3.8, 4) is 0 Å². The van der Waals surface area contributed by atoms with Crippen molar-refractivity contribution in [2.24, 2.45) is 0 Å². The molecule has 0 spiro atoms. The van der Waals surface area contributed by atoms with Crippen molar-refractivity contribution in [2.45, 2.75) is 44.1 Å². The molecule has 226 valence electrons. The Hall–Kier alpha value is -4.95. The van der Waals surface area contributed by atoms with Crippen LogP contribution >= 0.6 is 0 Å². The Balaban J connectivity index is 1.45. The summed E-state index contributed by atoms with van der Waals surface area (Å²) in [5.74, 6) is -0.784. The Morgan fingerprint density at radius 2 is 1.34 bits per heavy atom. The predicted molar refractivity (Wildman–Crippen MR) is 175 cm³/mol. The second-order valence-corrected chi connectivity index (χ2v) is 12.8. The Kier molecular flexibility index (Phi) is 10.2. The third-order valence-corrected chi connectivity index (χ3v) is 7.97. The lowest BCUT2D eigenvalue weighted by Gasteiger charge is -2.22. The van der Waals surface area contributed by atoms with E-state index in [1.807, 2.05) is 67.6 Å². The van der Waals surface area contributed by atoms with Crippen LogP contribution in [0, 0.1) is 0 Å². The zero-order chi connectivity index (χ0) is 31.7. The van der Waals surface area contributed by atoms with Crippen LogP contribution in [-0.4, -0.2) is 26.0 Å². The van der Waals surface area contributed by atoms with Crippen molar-refractivity contribution in [3.63, 3.8) is 0 Å². The SMILES string of the molecule is CC=C(c1ccccc1)C(c1ccccc1)c1ccc(C=CC(=O)NS(=O)(=O)c2ccc(NC(=O)OC(C)(C)C)cc2)cc1. The summed E-state index contributed by atoms with van der Waals surface area (Å²) >= 11 is 0. The summed E-state index contributed by atoms with van der Waals surface area (Å²) in [5.41, 5.74) is 4.99. The summed E-state index contributed by atoms with van der Waals surface area (Å²) in [5, 5.41) is 2.54. The van der Waals surface area contributed by atoms with Gasteiger partial charge in [-0.15, -0.1) is 0 Å². The number of ether oxygens (including phenoxy) is 1. The van der Waals surface area contributed by atoms with Gasteiger partial charge < -0.3 is 4.74 Å². The zero-order valence-electron chi connectivity index (χ0n) is 25.2. The molecule has 0 aliphatic carbocycles. The summed E-state index contributed by atoms with van der Waals surface area (Å²) in [6.07, 6.45) is 4.22. The number of nitrogens with one attached hydrogen (secondary N) is 2. The first kappa shape index (κ1) is 32.0. The highest BCUT2D eigenvalue weighted by molar-refractivity contribution is 7.90. The molecule has 2 amide bonds. The lowest BCUT2D eigenvalue weighted by Crippen LogP contribution is -2.29. The maximum absolute atomic E-state index is 12.8. The molecule has 2 N–H and O–H groups in total. The van der Waals surface area contributed by atoms with Crippen molar-refractivity contribution < 1.29 is 22.7 Å². The summed E-state index contributed by atoms with van der Waals surface area (Å²) in [6, 6.07) is 33.8. The van der Waals surface area contributed by atoms with Crippen molar-refractivity contribution in [3.05, 3.63) is 144 Å². The fourth-order valence-electron chi connectivity index (χ4n) is 4.66. The Morgan fingerprint density at radius 3 is 1.91 bits per heavy atom. The lowest BCUT2D eigenvalue weighted by molar-refractivity contribution is -0.114. The van der Waals surface area contributed by atoms with Crippen LogP contribution in [0.25, 0.3) is 11.6 Å². The molecule has 1 atom stereocenters. The molecular formula is C36H36N2O5S. The number of sulfonamides is 1. The molecule has 0 saturated carbocycles. The van der Waals surface area contributed by atoms with Gasteiger partial charge >= 0.3 is 6.09 Å². The number of carbonyl (C=O) groups is 2. The Labute approximate surface area is 259 Å². The number of carbonyl (C=O) groups excluding carboxylic acids is 2. The largest absolute Gasteiger partial charge is 0.444 e. The van der Waals surface area contributed by atoms with Gasteiger partial charge in [-0.3, -0.25) is 10.1 Å². The third kappa shape index (κ3) is 8.78. The molecule has 4 aromatic carbocycles. The molecule has 0 saturated heterocycles. The molecule has 4 rings (SSSR count). The maximum atomic E-state index is 12.8. The normalized spacial score (nSPS) is 12.9. The lowest BCUT2D eigenvalue weighted by atomic mass is 9.81. The maximum Gasteiger partial charge on any atom is 0.412 e. The van der Waals surface area contributed by atoms with Crippen LogP contribution in [0.5, 0.6) is 0 Å². The molecule has 44 heavy (non-hydrogen) atoms. The molecule has 7 nitrogen and oxygen atoms in total. The van der Waals surface area contributed by atoms with E-state index in [0.29, 0.717) is 5.69 Å². The van der Waals surface area contributed by atoms with Gasteiger partial charge in [-0.2, -0.15) is 0 Å². The van der Waals surface area contributed by atoms with Gasteiger partial charge in [0.05, 0.1) is 4.90 Å². The van der Waals surface area contributed by atoms with Gasteiger partial charge in [0, 0.05) is 17.7 Å². The van der Waals surface area contributed by atoms with E-state index < -0.39 is 27.6 Å². The Bertz CT molecular complexity index is 1740.